The maximum Gasteiger partial charge on any atom is 0.239 e. The molecule has 20 heavy (non-hydrogen) atoms. The number of carbonyl (C=O) groups is 1. The van der Waals surface area contributed by atoms with Crippen molar-refractivity contribution in [3.8, 4) is 0 Å². The molecule has 5 nitrogen and oxygen atoms in total. The van der Waals surface area contributed by atoms with E-state index in [1.165, 1.54) is 0 Å². The van der Waals surface area contributed by atoms with Gasteiger partial charge in [-0.3, -0.25) is 9.69 Å². The highest BCUT2D eigenvalue weighted by molar-refractivity contribution is 5.91. The van der Waals surface area contributed by atoms with Gasteiger partial charge in [0.05, 0.1) is 6.54 Å². The standard InChI is InChI=1S/C15H24N4O/c1-11-5-6-16-14(7-11)17-15(20)10-19-9-12(2)18(4)8-13(19)3/h5-7,12-13H,8-10H2,1-4H3,(H,16,17,20)/t12-,13-/m1/s1. The van der Waals surface area contributed by atoms with E-state index < -0.39 is 0 Å². The molecule has 0 saturated carbocycles. The molecule has 1 amide bonds. The lowest BCUT2D eigenvalue weighted by Gasteiger charge is -2.42. The first-order valence-electron chi connectivity index (χ1n) is 7.12. The molecule has 0 aliphatic carbocycles. The predicted octanol–water partition coefficient (Wildman–Crippen LogP) is 1.35. The minimum absolute atomic E-state index is 0.00621. The summed E-state index contributed by atoms with van der Waals surface area (Å²) >= 11 is 0. The van der Waals surface area contributed by atoms with Gasteiger partial charge in [0.15, 0.2) is 0 Å². The normalized spacial score (nSPS) is 24.6. The third-order valence-corrected chi connectivity index (χ3v) is 3.96. The lowest BCUT2D eigenvalue weighted by Crippen LogP contribution is -2.56. The quantitative estimate of drug-likeness (QED) is 0.905. The van der Waals surface area contributed by atoms with Gasteiger partial charge in [0.25, 0.3) is 0 Å². The molecule has 1 aliphatic heterocycles. The van der Waals surface area contributed by atoms with Crippen LogP contribution in [0.2, 0.25) is 0 Å². The van der Waals surface area contributed by atoms with Gasteiger partial charge in [0.2, 0.25) is 5.91 Å². The summed E-state index contributed by atoms with van der Waals surface area (Å²) in [7, 11) is 2.13. The Kier molecular flexibility index (Phi) is 4.73. The van der Waals surface area contributed by atoms with Crippen molar-refractivity contribution in [2.45, 2.75) is 32.9 Å². The number of piperazine rings is 1. The minimum Gasteiger partial charge on any atom is -0.310 e. The van der Waals surface area contributed by atoms with E-state index in [4.69, 9.17) is 0 Å². The van der Waals surface area contributed by atoms with Crippen molar-refractivity contribution >= 4 is 11.7 Å². The smallest absolute Gasteiger partial charge is 0.239 e. The Bertz CT molecular complexity index is 477. The third kappa shape index (κ3) is 3.77. The Hall–Kier alpha value is -1.46. The van der Waals surface area contributed by atoms with Gasteiger partial charge in [-0.2, -0.15) is 0 Å². The lowest BCUT2D eigenvalue weighted by atomic mass is 10.1. The van der Waals surface area contributed by atoms with Crippen molar-refractivity contribution in [2.75, 3.05) is 32.0 Å². The van der Waals surface area contributed by atoms with Crippen LogP contribution in [0.1, 0.15) is 19.4 Å². The first kappa shape index (κ1) is 14.9. The number of nitrogens with zero attached hydrogens (tertiary/aromatic N) is 3. The zero-order valence-corrected chi connectivity index (χ0v) is 12.8. The van der Waals surface area contributed by atoms with E-state index in [-0.39, 0.29) is 5.91 Å². The largest absolute Gasteiger partial charge is 0.310 e. The van der Waals surface area contributed by atoms with Crippen molar-refractivity contribution < 1.29 is 4.79 Å². The van der Waals surface area contributed by atoms with Crippen LogP contribution in [0.4, 0.5) is 5.82 Å². The molecule has 2 heterocycles. The van der Waals surface area contributed by atoms with Crippen molar-refractivity contribution in [1.82, 2.24) is 14.8 Å². The second-order valence-electron chi connectivity index (χ2n) is 5.83. The number of amides is 1. The van der Waals surface area contributed by atoms with Gasteiger partial charge in [0.1, 0.15) is 5.82 Å². The van der Waals surface area contributed by atoms with Crippen molar-refractivity contribution in [3.05, 3.63) is 23.9 Å². The molecule has 1 N–H and O–H groups in total. The molecule has 110 valence electrons. The second kappa shape index (κ2) is 6.33. The second-order valence-corrected chi connectivity index (χ2v) is 5.83. The van der Waals surface area contributed by atoms with E-state index in [0.29, 0.717) is 24.4 Å². The van der Waals surface area contributed by atoms with E-state index in [0.717, 1.165) is 18.7 Å². The maximum absolute atomic E-state index is 12.1. The zero-order chi connectivity index (χ0) is 14.7. The molecular weight excluding hydrogens is 252 g/mol. The lowest BCUT2D eigenvalue weighted by molar-refractivity contribution is -0.118. The van der Waals surface area contributed by atoms with Crippen molar-refractivity contribution in [2.24, 2.45) is 0 Å². The highest BCUT2D eigenvalue weighted by atomic mass is 16.2. The van der Waals surface area contributed by atoms with E-state index >= 15 is 0 Å². The van der Waals surface area contributed by atoms with Crippen molar-refractivity contribution in [3.63, 3.8) is 0 Å². The van der Waals surface area contributed by atoms with Gasteiger partial charge in [-0.1, -0.05) is 0 Å². The number of likely N-dealkylation sites (N-methyl/N-ethyl adjacent to an activating group) is 1. The van der Waals surface area contributed by atoms with Crippen LogP contribution in [0.3, 0.4) is 0 Å². The van der Waals surface area contributed by atoms with Gasteiger partial charge in [-0.05, 0) is 45.5 Å². The van der Waals surface area contributed by atoms with Gasteiger partial charge < -0.3 is 10.2 Å². The summed E-state index contributed by atoms with van der Waals surface area (Å²) in [4.78, 5) is 20.8. The van der Waals surface area contributed by atoms with Gasteiger partial charge in [0, 0.05) is 31.4 Å². The molecule has 0 aromatic carbocycles. The molecule has 1 aromatic heterocycles. The average molecular weight is 276 g/mol. The highest BCUT2D eigenvalue weighted by Gasteiger charge is 2.27. The Balaban J connectivity index is 1.91. The number of nitrogens with one attached hydrogen (secondary N) is 1. The zero-order valence-electron chi connectivity index (χ0n) is 12.8. The number of anilines is 1. The van der Waals surface area contributed by atoms with E-state index in [1.54, 1.807) is 6.20 Å². The number of aryl methyl sites for hydroxylation is 1. The van der Waals surface area contributed by atoms with Crippen LogP contribution in [-0.4, -0.2) is 59.5 Å². The first-order valence-corrected chi connectivity index (χ1v) is 7.12. The fraction of sp³-hybridized carbons (Fsp3) is 0.600. The molecule has 2 rings (SSSR count). The molecular formula is C15H24N4O. The van der Waals surface area contributed by atoms with E-state index in [2.05, 4.69) is 41.0 Å². The summed E-state index contributed by atoms with van der Waals surface area (Å²) in [6, 6.07) is 4.68. The average Bonchev–Trinajstić information content (AvgIpc) is 2.36. The molecule has 0 unspecified atom stereocenters. The summed E-state index contributed by atoms with van der Waals surface area (Å²) < 4.78 is 0. The number of pyridine rings is 1. The van der Waals surface area contributed by atoms with E-state index in [1.807, 2.05) is 19.1 Å². The third-order valence-electron chi connectivity index (χ3n) is 3.96. The number of carbonyl (C=O) groups excluding carboxylic acids is 1. The molecule has 1 aromatic rings. The Morgan fingerprint density at radius 2 is 2.15 bits per heavy atom. The molecule has 1 aliphatic rings. The van der Waals surface area contributed by atoms with Crippen LogP contribution in [0, 0.1) is 6.92 Å². The summed E-state index contributed by atoms with van der Waals surface area (Å²) in [6.45, 7) is 8.69. The van der Waals surface area contributed by atoms with Crippen molar-refractivity contribution in [1.29, 1.82) is 0 Å². The van der Waals surface area contributed by atoms with Gasteiger partial charge in [-0.25, -0.2) is 4.98 Å². The molecule has 0 bridgehead atoms. The monoisotopic (exact) mass is 276 g/mol. The number of aromatic nitrogens is 1. The maximum atomic E-state index is 12.1. The van der Waals surface area contributed by atoms with Crippen LogP contribution >= 0.6 is 0 Å². The fourth-order valence-electron chi connectivity index (χ4n) is 2.56. The molecule has 1 fully saturated rings. The number of hydrogen-bond donors (Lipinski definition) is 1. The summed E-state index contributed by atoms with van der Waals surface area (Å²) in [6.07, 6.45) is 1.71. The van der Waals surface area contributed by atoms with Gasteiger partial charge >= 0.3 is 0 Å². The molecule has 2 atom stereocenters. The summed E-state index contributed by atoms with van der Waals surface area (Å²) in [5, 5.41) is 2.87. The number of hydrogen-bond acceptors (Lipinski definition) is 4. The highest BCUT2D eigenvalue weighted by Crippen LogP contribution is 2.13. The fourth-order valence-corrected chi connectivity index (χ4v) is 2.56. The molecule has 5 heteroatoms. The minimum atomic E-state index is 0.00621. The Labute approximate surface area is 121 Å². The van der Waals surface area contributed by atoms with Crippen LogP contribution < -0.4 is 5.32 Å². The van der Waals surface area contributed by atoms with Crippen LogP contribution in [0.5, 0.6) is 0 Å². The van der Waals surface area contributed by atoms with Crippen LogP contribution in [0.15, 0.2) is 18.3 Å². The molecule has 0 radical (unpaired) electrons. The predicted molar refractivity (Wildman–Crippen MR) is 80.7 cm³/mol. The van der Waals surface area contributed by atoms with Crippen LogP contribution in [-0.2, 0) is 4.79 Å². The summed E-state index contributed by atoms with van der Waals surface area (Å²) in [5.74, 6) is 0.636. The Morgan fingerprint density at radius 3 is 2.85 bits per heavy atom. The van der Waals surface area contributed by atoms with Crippen LogP contribution in [0.25, 0.3) is 0 Å². The topological polar surface area (TPSA) is 48.5 Å². The SMILES string of the molecule is Cc1ccnc(NC(=O)CN2C[C@@H](C)N(C)C[C@H]2C)c1. The Morgan fingerprint density at radius 1 is 1.40 bits per heavy atom. The molecule has 0 spiro atoms. The molecule has 1 saturated heterocycles. The first-order chi connectivity index (χ1) is 9.45. The van der Waals surface area contributed by atoms with E-state index in [9.17, 15) is 4.79 Å². The number of rotatable bonds is 3. The summed E-state index contributed by atoms with van der Waals surface area (Å²) in [5.41, 5.74) is 1.09. The van der Waals surface area contributed by atoms with Gasteiger partial charge in [-0.15, -0.1) is 0 Å².